The predicted molar refractivity (Wildman–Crippen MR) is 95.0 cm³/mol. The van der Waals surface area contributed by atoms with Gasteiger partial charge in [0.05, 0.1) is 25.0 Å². The summed E-state index contributed by atoms with van der Waals surface area (Å²) < 4.78 is 12.2. The van der Waals surface area contributed by atoms with Gasteiger partial charge in [-0.25, -0.2) is 9.67 Å². The van der Waals surface area contributed by atoms with E-state index in [-0.39, 0.29) is 0 Å². The van der Waals surface area contributed by atoms with Crippen LogP contribution in [-0.4, -0.2) is 32.0 Å². The zero-order valence-corrected chi connectivity index (χ0v) is 14.0. The van der Waals surface area contributed by atoms with Gasteiger partial charge >= 0.3 is 0 Å². The number of nitrogens with one attached hydrogen (secondary N) is 1. The van der Waals surface area contributed by atoms with Crippen molar-refractivity contribution in [3.63, 3.8) is 0 Å². The van der Waals surface area contributed by atoms with Gasteiger partial charge in [-0.1, -0.05) is 17.3 Å². The Bertz CT molecular complexity index is 979. The summed E-state index contributed by atoms with van der Waals surface area (Å²) in [6, 6.07) is 15.3. The summed E-state index contributed by atoms with van der Waals surface area (Å²) in [6.45, 7) is 0.398. The lowest BCUT2D eigenvalue weighted by Gasteiger charge is -2.09. The van der Waals surface area contributed by atoms with Crippen molar-refractivity contribution >= 4 is 5.69 Å². The topological polar surface area (TPSA) is 90.9 Å². The van der Waals surface area contributed by atoms with Gasteiger partial charge < -0.3 is 14.6 Å². The van der Waals surface area contributed by atoms with Crippen molar-refractivity contribution in [2.24, 2.45) is 0 Å². The van der Waals surface area contributed by atoms with E-state index in [4.69, 9.17) is 9.26 Å². The van der Waals surface area contributed by atoms with E-state index in [9.17, 15) is 0 Å². The van der Waals surface area contributed by atoms with E-state index in [2.05, 4.69) is 25.5 Å². The van der Waals surface area contributed by atoms with Gasteiger partial charge in [0.1, 0.15) is 18.4 Å². The summed E-state index contributed by atoms with van der Waals surface area (Å²) in [5.41, 5.74) is 2.64. The third kappa shape index (κ3) is 3.25. The number of hydrogen-bond acceptors (Lipinski definition) is 7. The van der Waals surface area contributed by atoms with Crippen LogP contribution in [0.1, 0.15) is 5.89 Å². The molecule has 2 aromatic carbocycles. The third-order valence-electron chi connectivity index (χ3n) is 3.82. The maximum absolute atomic E-state index is 5.34. The van der Waals surface area contributed by atoms with E-state index in [1.54, 1.807) is 18.1 Å². The molecule has 0 aliphatic heterocycles. The van der Waals surface area contributed by atoms with Crippen molar-refractivity contribution in [3.8, 4) is 22.8 Å². The number of benzene rings is 2. The average molecular weight is 348 g/mol. The number of rotatable bonds is 6. The second-order valence-corrected chi connectivity index (χ2v) is 5.45. The second kappa shape index (κ2) is 7.06. The first-order valence-electron chi connectivity index (χ1n) is 7.98. The zero-order chi connectivity index (χ0) is 17.8. The van der Waals surface area contributed by atoms with Gasteiger partial charge in [0.25, 0.3) is 0 Å². The number of hydrogen-bond donors (Lipinski definition) is 1. The lowest BCUT2D eigenvalue weighted by molar-refractivity contribution is 0.384. The first kappa shape index (κ1) is 15.8. The molecule has 26 heavy (non-hydrogen) atoms. The van der Waals surface area contributed by atoms with Crippen LogP contribution in [0.4, 0.5) is 5.69 Å². The maximum Gasteiger partial charge on any atom is 0.246 e. The van der Waals surface area contributed by atoms with Crippen LogP contribution in [0, 0.1) is 0 Å². The molecule has 0 aliphatic rings. The standard InChI is InChI=1S/C18H16N6O2/c1-25-14-8-6-13(7-9-14)18-22-17(26-23-18)10-20-15-4-2-3-5-16(15)24-12-19-11-21-24/h2-9,11-12,20H,10H2,1H3. The van der Waals surface area contributed by atoms with Crippen LogP contribution in [0.2, 0.25) is 0 Å². The van der Waals surface area contributed by atoms with Crippen molar-refractivity contribution in [1.82, 2.24) is 24.9 Å². The van der Waals surface area contributed by atoms with Crippen LogP contribution in [0.3, 0.4) is 0 Å². The Labute approximate surface area is 149 Å². The Kier molecular flexibility index (Phi) is 4.29. The molecule has 0 aliphatic carbocycles. The molecule has 130 valence electrons. The van der Waals surface area contributed by atoms with E-state index in [1.807, 2.05) is 48.5 Å². The molecule has 0 saturated carbocycles. The highest BCUT2D eigenvalue weighted by Crippen LogP contribution is 2.21. The molecule has 8 heteroatoms. The van der Waals surface area contributed by atoms with E-state index in [1.165, 1.54) is 6.33 Å². The second-order valence-electron chi connectivity index (χ2n) is 5.45. The van der Waals surface area contributed by atoms with Crippen molar-refractivity contribution in [1.29, 1.82) is 0 Å². The molecule has 0 bridgehead atoms. The van der Waals surface area contributed by atoms with Gasteiger partial charge in [-0.2, -0.15) is 10.1 Å². The van der Waals surface area contributed by atoms with Crippen molar-refractivity contribution in [2.75, 3.05) is 12.4 Å². The number of methoxy groups -OCH3 is 1. The molecule has 0 fully saturated rings. The molecule has 0 amide bonds. The van der Waals surface area contributed by atoms with Gasteiger partial charge in [0, 0.05) is 5.56 Å². The van der Waals surface area contributed by atoms with Gasteiger partial charge in [-0.15, -0.1) is 0 Å². The monoisotopic (exact) mass is 348 g/mol. The third-order valence-corrected chi connectivity index (χ3v) is 3.82. The number of ether oxygens (including phenoxy) is 1. The van der Waals surface area contributed by atoms with E-state index in [0.29, 0.717) is 18.3 Å². The lowest BCUT2D eigenvalue weighted by atomic mass is 10.2. The van der Waals surface area contributed by atoms with E-state index >= 15 is 0 Å². The van der Waals surface area contributed by atoms with Crippen LogP contribution < -0.4 is 10.1 Å². The smallest absolute Gasteiger partial charge is 0.246 e. The minimum Gasteiger partial charge on any atom is -0.497 e. The minimum atomic E-state index is 0.398. The van der Waals surface area contributed by atoms with Crippen molar-refractivity contribution in [2.45, 2.75) is 6.54 Å². The highest BCUT2D eigenvalue weighted by atomic mass is 16.5. The minimum absolute atomic E-state index is 0.398. The molecule has 2 heterocycles. The number of anilines is 1. The van der Waals surface area contributed by atoms with Crippen molar-refractivity contribution < 1.29 is 9.26 Å². The molecule has 8 nitrogen and oxygen atoms in total. The van der Waals surface area contributed by atoms with Crippen LogP contribution in [0.5, 0.6) is 5.75 Å². The highest BCUT2D eigenvalue weighted by Gasteiger charge is 2.10. The molecule has 0 spiro atoms. The first-order valence-corrected chi connectivity index (χ1v) is 7.98. The molecule has 0 saturated heterocycles. The van der Waals surface area contributed by atoms with Gasteiger partial charge in [0.2, 0.25) is 11.7 Å². The lowest BCUT2D eigenvalue weighted by Crippen LogP contribution is -2.05. The summed E-state index contributed by atoms with van der Waals surface area (Å²) in [5.74, 6) is 1.81. The number of nitrogens with zero attached hydrogens (tertiary/aromatic N) is 5. The number of para-hydroxylation sites is 2. The highest BCUT2D eigenvalue weighted by molar-refractivity contribution is 5.60. The molecule has 0 unspecified atom stereocenters. The van der Waals surface area contributed by atoms with Gasteiger partial charge in [-0.3, -0.25) is 0 Å². The first-order chi connectivity index (χ1) is 12.8. The van der Waals surface area contributed by atoms with Gasteiger partial charge in [-0.05, 0) is 36.4 Å². The van der Waals surface area contributed by atoms with E-state index in [0.717, 1.165) is 22.7 Å². The normalized spacial score (nSPS) is 10.7. The Morgan fingerprint density at radius 3 is 2.73 bits per heavy atom. The molecule has 0 radical (unpaired) electrons. The van der Waals surface area contributed by atoms with Crippen LogP contribution >= 0.6 is 0 Å². The molecule has 0 atom stereocenters. The quantitative estimate of drug-likeness (QED) is 0.573. The fourth-order valence-electron chi connectivity index (χ4n) is 2.51. The largest absolute Gasteiger partial charge is 0.497 e. The Balaban J connectivity index is 1.49. The maximum atomic E-state index is 5.34. The SMILES string of the molecule is COc1ccc(-c2noc(CNc3ccccc3-n3cncn3)n2)cc1. The number of aromatic nitrogens is 5. The molecular formula is C18H16N6O2. The van der Waals surface area contributed by atoms with Gasteiger partial charge in [0.15, 0.2) is 0 Å². The Morgan fingerprint density at radius 2 is 1.96 bits per heavy atom. The molecular weight excluding hydrogens is 332 g/mol. The van der Waals surface area contributed by atoms with Crippen LogP contribution in [0.25, 0.3) is 17.1 Å². The molecule has 4 rings (SSSR count). The predicted octanol–water partition coefficient (Wildman–Crippen LogP) is 2.94. The molecule has 2 aromatic heterocycles. The fraction of sp³-hybridized carbons (Fsp3) is 0.111. The average Bonchev–Trinajstić information content (AvgIpc) is 3.39. The fourth-order valence-corrected chi connectivity index (χ4v) is 2.51. The van der Waals surface area contributed by atoms with Crippen molar-refractivity contribution in [3.05, 3.63) is 67.1 Å². The van der Waals surface area contributed by atoms with E-state index < -0.39 is 0 Å². The molecule has 4 aromatic rings. The summed E-state index contributed by atoms with van der Waals surface area (Å²) in [5, 5.41) is 11.5. The molecule has 1 N–H and O–H groups in total. The van der Waals surface area contributed by atoms with Crippen LogP contribution in [-0.2, 0) is 6.54 Å². The summed E-state index contributed by atoms with van der Waals surface area (Å²) in [4.78, 5) is 8.41. The Hall–Kier alpha value is -3.68. The summed E-state index contributed by atoms with van der Waals surface area (Å²) >= 11 is 0. The summed E-state index contributed by atoms with van der Waals surface area (Å²) in [6.07, 6.45) is 3.14. The Morgan fingerprint density at radius 1 is 1.12 bits per heavy atom. The van der Waals surface area contributed by atoms with Crippen LogP contribution in [0.15, 0.2) is 65.7 Å². The zero-order valence-electron chi connectivity index (χ0n) is 14.0. The summed E-state index contributed by atoms with van der Waals surface area (Å²) in [7, 11) is 1.63.